The van der Waals surface area contributed by atoms with Crippen molar-refractivity contribution in [2.75, 3.05) is 13.1 Å². The molecule has 1 aliphatic heterocycles. The van der Waals surface area contributed by atoms with E-state index in [2.05, 4.69) is 10.6 Å². The average Bonchev–Trinajstić information content (AvgIpc) is 3.04. The zero-order valence-electron chi connectivity index (χ0n) is 12.9. The Bertz CT molecular complexity index is 527. The van der Waals surface area contributed by atoms with Gasteiger partial charge >= 0.3 is 0 Å². The molecule has 0 spiro atoms. The number of non-ortho nitro benzene ring substituents is 1. The summed E-state index contributed by atoms with van der Waals surface area (Å²) in [7, 11) is 0. The van der Waals surface area contributed by atoms with E-state index >= 15 is 0 Å². The van der Waals surface area contributed by atoms with E-state index in [0.29, 0.717) is 18.8 Å². The minimum Gasteiger partial charge on any atom is -0.349 e. The number of hydrogen-bond donors (Lipinski definition) is 2. The van der Waals surface area contributed by atoms with Crippen LogP contribution in [0.3, 0.4) is 0 Å². The van der Waals surface area contributed by atoms with Crippen molar-refractivity contribution in [1.82, 2.24) is 10.6 Å². The maximum absolute atomic E-state index is 12.1. The molecule has 0 aromatic heterocycles. The second kappa shape index (κ2) is 7.89. The molecule has 2 atom stereocenters. The van der Waals surface area contributed by atoms with Crippen molar-refractivity contribution in [3.8, 4) is 0 Å². The third kappa shape index (κ3) is 4.53. The first-order valence-corrected chi connectivity index (χ1v) is 7.84. The third-order valence-electron chi connectivity index (χ3n) is 4.17. The van der Waals surface area contributed by atoms with E-state index in [1.807, 2.05) is 13.0 Å². The highest BCUT2D eigenvalue weighted by Crippen LogP contribution is 2.22. The molecule has 1 aromatic rings. The van der Waals surface area contributed by atoms with Crippen molar-refractivity contribution >= 4 is 11.6 Å². The van der Waals surface area contributed by atoms with Gasteiger partial charge in [0.1, 0.15) is 0 Å². The van der Waals surface area contributed by atoms with Crippen LogP contribution in [0.15, 0.2) is 24.3 Å². The molecule has 0 bridgehead atoms. The van der Waals surface area contributed by atoms with Gasteiger partial charge in [0, 0.05) is 18.6 Å². The summed E-state index contributed by atoms with van der Waals surface area (Å²) in [4.78, 5) is 22.5. The van der Waals surface area contributed by atoms with Crippen LogP contribution in [-0.2, 0) is 4.79 Å². The van der Waals surface area contributed by atoms with Gasteiger partial charge < -0.3 is 10.6 Å². The van der Waals surface area contributed by atoms with Crippen LogP contribution in [0.2, 0.25) is 0 Å². The van der Waals surface area contributed by atoms with Gasteiger partial charge in [-0.1, -0.05) is 19.1 Å². The summed E-state index contributed by atoms with van der Waals surface area (Å²) in [5.41, 5.74) is 0.842. The Kier molecular flexibility index (Phi) is 5.89. The molecule has 120 valence electrons. The average molecular weight is 305 g/mol. The minimum atomic E-state index is -0.412. The number of nitrogens with one attached hydrogen (secondary N) is 2. The van der Waals surface area contributed by atoms with Crippen molar-refractivity contribution in [2.45, 2.75) is 38.6 Å². The normalized spacial score (nSPS) is 18.9. The van der Waals surface area contributed by atoms with Crippen molar-refractivity contribution in [3.63, 3.8) is 0 Å². The molecule has 0 aliphatic carbocycles. The van der Waals surface area contributed by atoms with E-state index in [1.165, 1.54) is 12.1 Å². The molecule has 1 amide bonds. The van der Waals surface area contributed by atoms with Gasteiger partial charge in [-0.3, -0.25) is 14.9 Å². The fourth-order valence-corrected chi connectivity index (χ4v) is 2.84. The molecule has 0 radical (unpaired) electrons. The quantitative estimate of drug-likeness (QED) is 0.599. The zero-order valence-corrected chi connectivity index (χ0v) is 12.9. The zero-order chi connectivity index (χ0) is 15.9. The summed E-state index contributed by atoms with van der Waals surface area (Å²) in [5.74, 6) is 0.605. The van der Waals surface area contributed by atoms with Gasteiger partial charge in [0.05, 0.1) is 11.0 Å². The minimum absolute atomic E-state index is 0.0188. The molecule has 1 aromatic carbocycles. The lowest BCUT2D eigenvalue weighted by Gasteiger charge is -2.18. The number of carbonyl (C=O) groups excluding carboxylic acids is 1. The Morgan fingerprint density at radius 3 is 3.00 bits per heavy atom. The summed E-state index contributed by atoms with van der Waals surface area (Å²) in [6.45, 7) is 4.00. The standard InChI is InChI=1S/C16H23N3O3/c1-2-15(13-4-3-5-14(10-13)19(21)22)18-16(20)7-6-12-8-9-17-11-12/h3-5,10,12,15,17H,2,6-9,11H2,1H3,(H,18,20). The first kappa shape index (κ1) is 16.4. The number of nitro benzene ring substituents is 1. The van der Waals surface area contributed by atoms with E-state index in [4.69, 9.17) is 0 Å². The Labute approximate surface area is 130 Å². The van der Waals surface area contributed by atoms with Crippen molar-refractivity contribution in [1.29, 1.82) is 0 Å². The summed E-state index contributed by atoms with van der Waals surface area (Å²) < 4.78 is 0. The lowest BCUT2D eigenvalue weighted by Crippen LogP contribution is -2.28. The van der Waals surface area contributed by atoms with Crippen molar-refractivity contribution in [2.24, 2.45) is 5.92 Å². The maximum Gasteiger partial charge on any atom is 0.269 e. The van der Waals surface area contributed by atoms with Gasteiger partial charge in [-0.2, -0.15) is 0 Å². The molecule has 1 aliphatic rings. The van der Waals surface area contributed by atoms with Crippen LogP contribution in [0.5, 0.6) is 0 Å². The Hall–Kier alpha value is -1.95. The number of benzene rings is 1. The van der Waals surface area contributed by atoms with Crippen LogP contribution in [0, 0.1) is 16.0 Å². The van der Waals surface area contributed by atoms with Crippen LogP contribution in [0.4, 0.5) is 5.69 Å². The van der Waals surface area contributed by atoms with Crippen LogP contribution in [-0.4, -0.2) is 23.9 Å². The Morgan fingerprint density at radius 2 is 2.36 bits per heavy atom. The van der Waals surface area contributed by atoms with Gasteiger partial charge in [-0.15, -0.1) is 0 Å². The number of amides is 1. The van der Waals surface area contributed by atoms with Gasteiger partial charge in [0.25, 0.3) is 5.69 Å². The maximum atomic E-state index is 12.1. The monoisotopic (exact) mass is 305 g/mol. The largest absolute Gasteiger partial charge is 0.349 e. The SMILES string of the molecule is CCC(NC(=O)CCC1CCNC1)c1cccc([N+](=O)[O-])c1. The first-order chi connectivity index (χ1) is 10.6. The molecule has 1 heterocycles. The van der Waals surface area contributed by atoms with Crippen LogP contribution in [0.25, 0.3) is 0 Å². The molecule has 2 rings (SSSR count). The van der Waals surface area contributed by atoms with Crippen LogP contribution < -0.4 is 10.6 Å². The van der Waals surface area contributed by atoms with E-state index in [1.54, 1.807) is 6.07 Å². The number of nitrogens with zero attached hydrogens (tertiary/aromatic N) is 1. The predicted molar refractivity (Wildman–Crippen MR) is 84.5 cm³/mol. The molecule has 0 saturated carbocycles. The van der Waals surface area contributed by atoms with Crippen LogP contribution in [0.1, 0.15) is 44.2 Å². The first-order valence-electron chi connectivity index (χ1n) is 7.84. The van der Waals surface area contributed by atoms with Gasteiger partial charge in [0.15, 0.2) is 0 Å². The second-order valence-corrected chi connectivity index (χ2v) is 5.78. The summed E-state index contributed by atoms with van der Waals surface area (Å²) in [6, 6.07) is 6.31. The molecule has 2 unspecified atom stereocenters. The summed E-state index contributed by atoms with van der Waals surface area (Å²) >= 11 is 0. The van der Waals surface area contributed by atoms with Crippen LogP contribution >= 0.6 is 0 Å². The fourth-order valence-electron chi connectivity index (χ4n) is 2.84. The molecule has 2 N–H and O–H groups in total. The summed E-state index contributed by atoms with van der Waals surface area (Å²) in [6.07, 6.45) is 3.25. The topological polar surface area (TPSA) is 84.3 Å². The van der Waals surface area contributed by atoms with Gasteiger partial charge in [-0.05, 0) is 43.8 Å². The lowest BCUT2D eigenvalue weighted by atomic mass is 10.0. The molecule has 1 fully saturated rings. The van der Waals surface area contributed by atoms with E-state index < -0.39 is 4.92 Å². The summed E-state index contributed by atoms with van der Waals surface area (Å²) in [5, 5.41) is 17.1. The highest BCUT2D eigenvalue weighted by Gasteiger charge is 2.18. The number of nitro groups is 1. The second-order valence-electron chi connectivity index (χ2n) is 5.78. The third-order valence-corrected chi connectivity index (χ3v) is 4.17. The number of carbonyl (C=O) groups is 1. The highest BCUT2D eigenvalue weighted by atomic mass is 16.6. The molecule has 6 heteroatoms. The highest BCUT2D eigenvalue weighted by molar-refractivity contribution is 5.76. The predicted octanol–water partition coefficient (Wildman–Crippen LogP) is 2.55. The molecule has 6 nitrogen and oxygen atoms in total. The molecule has 22 heavy (non-hydrogen) atoms. The van der Waals surface area contributed by atoms with Crippen molar-refractivity contribution in [3.05, 3.63) is 39.9 Å². The molecular formula is C16H23N3O3. The van der Waals surface area contributed by atoms with Gasteiger partial charge in [0.2, 0.25) is 5.91 Å². The Morgan fingerprint density at radius 1 is 1.55 bits per heavy atom. The Balaban J connectivity index is 1.91. The number of rotatable bonds is 7. The van der Waals surface area contributed by atoms with E-state index in [-0.39, 0.29) is 17.6 Å². The van der Waals surface area contributed by atoms with E-state index in [9.17, 15) is 14.9 Å². The fraction of sp³-hybridized carbons (Fsp3) is 0.562. The van der Waals surface area contributed by atoms with Gasteiger partial charge in [-0.25, -0.2) is 0 Å². The lowest BCUT2D eigenvalue weighted by molar-refractivity contribution is -0.384. The molecule has 1 saturated heterocycles. The smallest absolute Gasteiger partial charge is 0.269 e. The number of hydrogen-bond acceptors (Lipinski definition) is 4. The van der Waals surface area contributed by atoms with Crippen molar-refractivity contribution < 1.29 is 9.72 Å². The molecular weight excluding hydrogens is 282 g/mol. The van der Waals surface area contributed by atoms with E-state index in [0.717, 1.165) is 31.5 Å².